The van der Waals surface area contributed by atoms with Gasteiger partial charge in [-0.2, -0.15) is 0 Å². The average molecular weight is 396 g/mol. The first kappa shape index (κ1) is 15.3. The van der Waals surface area contributed by atoms with Gasteiger partial charge in [0, 0.05) is 3.57 Å². The number of ether oxygens (including phenoxy) is 2. The Kier molecular flexibility index (Phi) is 5.02. The van der Waals surface area contributed by atoms with Crippen LogP contribution in [0.15, 0.2) is 6.07 Å². The van der Waals surface area contributed by atoms with Crippen LogP contribution in [0.25, 0.3) is 0 Å². The Morgan fingerprint density at radius 2 is 2.17 bits per heavy atom. The average Bonchev–Trinajstić information content (AvgIpc) is 2.25. The third kappa shape index (κ3) is 3.87. The molecule has 0 unspecified atom stereocenters. The molecular weight excluding hydrogens is 389 g/mol. The highest BCUT2D eigenvalue weighted by atomic mass is 127. The van der Waals surface area contributed by atoms with Crippen molar-refractivity contribution in [1.29, 1.82) is 0 Å². The summed E-state index contributed by atoms with van der Waals surface area (Å²) in [5.74, 6) is -1.93. The number of pyridine rings is 1. The maximum Gasteiger partial charge on any atom is 0.574 e. The fraction of sp³-hybridized carbons (Fsp3) is 0.333. The normalized spacial score (nSPS) is 11.2. The highest BCUT2D eigenvalue weighted by Gasteiger charge is 2.35. The Morgan fingerprint density at radius 3 is 2.61 bits per heavy atom. The number of hydrogen-bond donors (Lipinski definition) is 0. The molecule has 0 atom stereocenters. The molecule has 0 aliphatic heterocycles. The second kappa shape index (κ2) is 5.91. The van der Waals surface area contributed by atoms with Crippen LogP contribution in [0.5, 0.6) is 5.88 Å². The van der Waals surface area contributed by atoms with Gasteiger partial charge < -0.3 is 9.47 Å². The predicted octanol–water partition coefficient (Wildman–Crippen LogP) is 3.11. The summed E-state index contributed by atoms with van der Waals surface area (Å²) >= 11 is 7.17. The van der Waals surface area contributed by atoms with Crippen LogP contribution in [0.2, 0.25) is 0 Å². The van der Waals surface area contributed by atoms with Gasteiger partial charge in [-0.15, -0.1) is 24.8 Å². The molecule has 9 heteroatoms. The quantitative estimate of drug-likeness (QED) is 0.448. The minimum Gasteiger partial charge on any atom is -0.465 e. The van der Waals surface area contributed by atoms with E-state index < -0.39 is 18.2 Å². The molecule has 0 N–H and O–H groups in total. The van der Waals surface area contributed by atoms with Crippen molar-refractivity contribution < 1.29 is 27.4 Å². The van der Waals surface area contributed by atoms with Crippen molar-refractivity contribution in [3.63, 3.8) is 0 Å². The molecule has 0 spiro atoms. The summed E-state index contributed by atoms with van der Waals surface area (Å²) in [5, 5.41) is 0. The second-order valence-corrected chi connectivity index (χ2v) is 4.38. The van der Waals surface area contributed by atoms with E-state index in [4.69, 9.17) is 11.6 Å². The number of carbonyl (C=O) groups is 1. The highest BCUT2D eigenvalue weighted by molar-refractivity contribution is 14.1. The Bertz CT molecular complexity index is 467. The minimum absolute atomic E-state index is 0.105. The fourth-order valence-corrected chi connectivity index (χ4v) is 2.03. The van der Waals surface area contributed by atoms with E-state index in [1.807, 2.05) is 0 Å². The van der Waals surface area contributed by atoms with Gasteiger partial charge in [0.05, 0.1) is 18.7 Å². The van der Waals surface area contributed by atoms with Crippen LogP contribution in [-0.4, -0.2) is 24.4 Å². The van der Waals surface area contributed by atoms with E-state index >= 15 is 0 Å². The lowest BCUT2D eigenvalue weighted by Crippen LogP contribution is -2.21. The van der Waals surface area contributed by atoms with Gasteiger partial charge in [-0.25, -0.2) is 9.78 Å². The van der Waals surface area contributed by atoms with Crippen molar-refractivity contribution in [1.82, 2.24) is 4.98 Å². The number of esters is 1. The molecule has 0 saturated carbocycles. The number of aromatic nitrogens is 1. The second-order valence-electron chi connectivity index (χ2n) is 2.95. The predicted molar refractivity (Wildman–Crippen MR) is 64.5 cm³/mol. The molecular formula is C9H6ClF3INO3. The molecule has 100 valence electrons. The van der Waals surface area contributed by atoms with E-state index in [1.54, 1.807) is 22.6 Å². The molecule has 1 rings (SSSR count). The molecule has 4 nitrogen and oxygen atoms in total. The minimum atomic E-state index is -4.95. The fourth-order valence-electron chi connectivity index (χ4n) is 1.08. The zero-order chi connectivity index (χ0) is 13.9. The van der Waals surface area contributed by atoms with E-state index in [0.717, 1.165) is 7.11 Å². The molecule has 0 bridgehead atoms. The van der Waals surface area contributed by atoms with Gasteiger partial charge in [0.25, 0.3) is 0 Å². The lowest BCUT2D eigenvalue weighted by Gasteiger charge is -2.13. The maximum atomic E-state index is 12.2. The highest BCUT2D eigenvalue weighted by Crippen LogP contribution is 2.29. The Balaban J connectivity index is 3.34. The van der Waals surface area contributed by atoms with Crippen LogP contribution >= 0.6 is 34.2 Å². The molecule has 0 aliphatic carbocycles. The molecule has 0 fully saturated rings. The molecule has 0 aromatic carbocycles. The number of alkyl halides is 4. The largest absolute Gasteiger partial charge is 0.574 e. The number of methoxy groups -OCH3 is 1. The van der Waals surface area contributed by atoms with Crippen molar-refractivity contribution in [3.05, 3.63) is 20.9 Å². The van der Waals surface area contributed by atoms with E-state index in [0.29, 0.717) is 0 Å². The summed E-state index contributed by atoms with van der Waals surface area (Å²) in [6.45, 7) is 0. The van der Waals surface area contributed by atoms with Crippen LogP contribution in [0.1, 0.15) is 16.1 Å². The lowest BCUT2D eigenvalue weighted by molar-refractivity contribution is -0.276. The Labute approximate surface area is 119 Å². The van der Waals surface area contributed by atoms with Gasteiger partial charge in [0.1, 0.15) is 5.56 Å². The standard InChI is InChI=1S/C9H6ClF3INO3/c1-17-8(16)6-5(14)2-4(3-10)15-7(6)18-9(11,12)13/h2H,3H2,1H3. The molecule has 1 aromatic rings. The van der Waals surface area contributed by atoms with Crippen LogP contribution < -0.4 is 4.74 Å². The molecule has 0 aliphatic rings. The van der Waals surface area contributed by atoms with Crippen LogP contribution in [0, 0.1) is 3.57 Å². The van der Waals surface area contributed by atoms with Gasteiger partial charge in [-0.1, -0.05) is 0 Å². The molecule has 1 aromatic heterocycles. The molecule has 18 heavy (non-hydrogen) atoms. The van der Waals surface area contributed by atoms with Crippen molar-refractivity contribution in [2.75, 3.05) is 7.11 Å². The van der Waals surface area contributed by atoms with E-state index in [9.17, 15) is 18.0 Å². The topological polar surface area (TPSA) is 48.4 Å². The van der Waals surface area contributed by atoms with Gasteiger partial charge >= 0.3 is 12.3 Å². The van der Waals surface area contributed by atoms with Crippen LogP contribution in [0.4, 0.5) is 13.2 Å². The zero-order valence-electron chi connectivity index (χ0n) is 8.85. The lowest BCUT2D eigenvalue weighted by atomic mass is 10.2. The van der Waals surface area contributed by atoms with Gasteiger partial charge in [0.2, 0.25) is 5.88 Å². The van der Waals surface area contributed by atoms with Crippen LogP contribution in [0.3, 0.4) is 0 Å². The monoisotopic (exact) mass is 395 g/mol. The smallest absolute Gasteiger partial charge is 0.465 e. The number of carbonyl (C=O) groups excluding carboxylic acids is 1. The summed E-state index contributed by atoms with van der Waals surface area (Å²) in [4.78, 5) is 14.9. The number of rotatable bonds is 3. The van der Waals surface area contributed by atoms with Gasteiger partial charge in [-0.3, -0.25) is 0 Å². The van der Waals surface area contributed by atoms with E-state index in [2.05, 4.69) is 14.5 Å². The molecule has 1 heterocycles. The SMILES string of the molecule is COC(=O)c1c(I)cc(CCl)nc1OC(F)(F)F. The van der Waals surface area contributed by atoms with Crippen LogP contribution in [-0.2, 0) is 10.6 Å². The number of hydrogen-bond acceptors (Lipinski definition) is 4. The Hall–Kier alpha value is -0.770. The summed E-state index contributed by atoms with van der Waals surface area (Å²) in [6.07, 6.45) is -4.95. The summed E-state index contributed by atoms with van der Waals surface area (Å²) in [7, 11) is 1.05. The summed E-state index contributed by atoms with van der Waals surface area (Å²) in [5.41, 5.74) is -0.225. The first-order chi connectivity index (χ1) is 8.28. The summed E-state index contributed by atoms with van der Waals surface area (Å²) < 4.78 is 44.9. The molecule has 0 amide bonds. The number of nitrogens with zero attached hydrogens (tertiary/aromatic N) is 1. The van der Waals surface area contributed by atoms with Crippen molar-refractivity contribution in [2.45, 2.75) is 12.2 Å². The van der Waals surface area contributed by atoms with Crippen molar-refractivity contribution in [3.8, 4) is 5.88 Å². The molecule has 0 radical (unpaired) electrons. The summed E-state index contributed by atoms with van der Waals surface area (Å²) in [6, 6.07) is 1.38. The maximum absolute atomic E-state index is 12.2. The first-order valence-electron chi connectivity index (χ1n) is 4.38. The number of halogens is 5. The third-order valence-corrected chi connectivity index (χ3v) is 2.85. The molecule has 0 saturated heterocycles. The third-order valence-electron chi connectivity index (χ3n) is 1.73. The van der Waals surface area contributed by atoms with E-state index in [1.165, 1.54) is 6.07 Å². The van der Waals surface area contributed by atoms with Gasteiger partial charge in [0.15, 0.2) is 0 Å². The van der Waals surface area contributed by atoms with Gasteiger partial charge in [-0.05, 0) is 28.7 Å². The van der Waals surface area contributed by atoms with Crippen molar-refractivity contribution >= 4 is 40.2 Å². The first-order valence-corrected chi connectivity index (χ1v) is 5.99. The Morgan fingerprint density at radius 1 is 1.56 bits per heavy atom. The zero-order valence-corrected chi connectivity index (χ0v) is 11.8. The van der Waals surface area contributed by atoms with E-state index in [-0.39, 0.29) is 20.7 Å². The van der Waals surface area contributed by atoms with Crippen molar-refractivity contribution in [2.24, 2.45) is 0 Å².